The smallest absolute Gasteiger partial charge is 0.400 e. The fourth-order valence-electron chi connectivity index (χ4n) is 3.95. The topological polar surface area (TPSA) is 42.0 Å². The summed E-state index contributed by atoms with van der Waals surface area (Å²) >= 11 is 0. The van der Waals surface area contributed by atoms with Crippen molar-refractivity contribution in [2.75, 3.05) is 31.1 Å². The fourth-order valence-corrected chi connectivity index (χ4v) is 3.95. The van der Waals surface area contributed by atoms with Crippen molar-refractivity contribution in [2.45, 2.75) is 51.7 Å². The van der Waals surface area contributed by atoms with E-state index in [1.165, 1.54) is 11.3 Å². The average Bonchev–Trinajstić information content (AvgIpc) is 3.13. The number of nitrogens with zero attached hydrogens (tertiary/aromatic N) is 2. The molecule has 0 aliphatic carbocycles. The van der Waals surface area contributed by atoms with Gasteiger partial charge in [-0.1, -0.05) is 24.3 Å². The van der Waals surface area contributed by atoms with E-state index >= 15 is 0 Å². The second-order valence-electron chi connectivity index (χ2n) is 8.76. The number of fused-ring (bicyclic) bond motifs is 1. The number of carbonyl (C=O) groups excluding carboxylic acids is 1. The first-order valence-corrected chi connectivity index (χ1v) is 9.92. The molecule has 1 aromatic rings. The first-order valence-electron chi connectivity index (χ1n) is 9.92. The second-order valence-corrected chi connectivity index (χ2v) is 8.76. The molecule has 0 bridgehead atoms. The molecule has 27 heavy (non-hydrogen) atoms. The van der Waals surface area contributed by atoms with Crippen LogP contribution >= 0.6 is 0 Å². The van der Waals surface area contributed by atoms with Gasteiger partial charge in [0, 0.05) is 25.3 Å². The van der Waals surface area contributed by atoms with Crippen LogP contribution in [0.4, 0.5) is 5.69 Å². The van der Waals surface area contributed by atoms with Crippen molar-refractivity contribution < 1.29 is 14.1 Å². The SMILES string of the molecule is CC1(C)OB(C2=CCN(C(=O)CN3CCc4ccccc43)CC2)OC1(C)C. The maximum absolute atomic E-state index is 12.8. The van der Waals surface area contributed by atoms with E-state index in [0.717, 1.165) is 31.4 Å². The van der Waals surface area contributed by atoms with Gasteiger partial charge in [-0.15, -0.1) is 0 Å². The molecule has 144 valence electrons. The van der Waals surface area contributed by atoms with Gasteiger partial charge >= 0.3 is 7.12 Å². The van der Waals surface area contributed by atoms with Gasteiger partial charge in [-0.05, 0) is 57.6 Å². The molecule has 0 spiro atoms. The summed E-state index contributed by atoms with van der Waals surface area (Å²) in [5, 5.41) is 0. The summed E-state index contributed by atoms with van der Waals surface area (Å²) in [7, 11) is -0.294. The Morgan fingerprint density at radius 1 is 1.07 bits per heavy atom. The second kappa shape index (κ2) is 6.68. The lowest BCUT2D eigenvalue weighted by Gasteiger charge is -2.32. The van der Waals surface area contributed by atoms with Gasteiger partial charge in [-0.2, -0.15) is 0 Å². The molecule has 0 radical (unpaired) electrons. The molecule has 0 aromatic heterocycles. The number of amides is 1. The summed E-state index contributed by atoms with van der Waals surface area (Å²) in [6.07, 6.45) is 3.94. The van der Waals surface area contributed by atoms with Gasteiger partial charge in [0.2, 0.25) is 5.91 Å². The molecule has 1 fully saturated rings. The molecule has 1 aromatic carbocycles. The van der Waals surface area contributed by atoms with Crippen LogP contribution in [0.1, 0.15) is 39.7 Å². The zero-order valence-electron chi connectivity index (χ0n) is 16.8. The van der Waals surface area contributed by atoms with Crippen LogP contribution < -0.4 is 4.90 Å². The number of hydrogen-bond donors (Lipinski definition) is 0. The van der Waals surface area contributed by atoms with E-state index in [-0.39, 0.29) is 24.2 Å². The maximum atomic E-state index is 12.8. The standard InChI is InChI=1S/C21H29BN2O3/c1-20(2)21(3,4)27-22(26-20)17-10-13-23(14-11-17)19(25)15-24-12-9-16-7-5-6-8-18(16)24/h5-8,10H,9,11-15H2,1-4H3. The van der Waals surface area contributed by atoms with E-state index in [2.05, 4.69) is 56.9 Å². The van der Waals surface area contributed by atoms with E-state index in [0.29, 0.717) is 13.1 Å². The summed E-state index contributed by atoms with van der Waals surface area (Å²) < 4.78 is 12.3. The quantitative estimate of drug-likeness (QED) is 0.770. The van der Waals surface area contributed by atoms with Crippen LogP contribution in [0.3, 0.4) is 0 Å². The zero-order chi connectivity index (χ0) is 19.2. The average molecular weight is 368 g/mol. The Labute approximate surface area is 162 Å². The van der Waals surface area contributed by atoms with Crippen LogP contribution in [-0.2, 0) is 20.5 Å². The molecule has 6 heteroatoms. The van der Waals surface area contributed by atoms with Crippen molar-refractivity contribution in [2.24, 2.45) is 0 Å². The van der Waals surface area contributed by atoms with Crippen molar-refractivity contribution in [3.63, 3.8) is 0 Å². The molecule has 3 heterocycles. The summed E-state index contributed by atoms with van der Waals surface area (Å²) in [6.45, 7) is 11.0. The minimum atomic E-state index is -0.325. The molecule has 3 aliphatic heterocycles. The highest BCUT2D eigenvalue weighted by Gasteiger charge is 2.52. The Morgan fingerprint density at radius 3 is 2.44 bits per heavy atom. The number of hydrogen-bond acceptors (Lipinski definition) is 4. The van der Waals surface area contributed by atoms with E-state index in [4.69, 9.17) is 9.31 Å². The van der Waals surface area contributed by atoms with Crippen molar-refractivity contribution in [1.82, 2.24) is 4.90 Å². The lowest BCUT2D eigenvalue weighted by Crippen LogP contribution is -2.43. The third-order valence-corrected chi connectivity index (χ3v) is 6.46. The van der Waals surface area contributed by atoms with Crippen molar-refractivity contribution in [3.05, 3.63) is 41.4 Å². The molecule has 1 saturated heterocycles. The lowest BCUT2D eigenvalue weighted by atomic mass is 9.75. The van der Waals surface area contributed by atoms with Crippen molar-refractivity contribution >= 4 is 18.7 Å². The molecule has 0 atom stereocenters. The Balaban J connectivity index is 1.36. The molecular formula is C21H29BN2O3. The van der Waals surface area contributed by atoms with Gasteiger partial charge in [-0.25, -0.2) is 0 Å². The van der Waals surface area contributed by atoms with E-state index in [1.807, 2.05) is 11.0 Å². The Kier molecular flexibility index (Phi) is 4.59. The summed E-state index contributed by atoms with van der Waals surface area (Å²) in [5.74, 6) is 0.191. The first-order chi connectivity index (χ1) is 12.8. The molecule has 5 nitrogen and oxygen atoms in total. The zero-order valence-corrected chi connectivity index (χ0v) is 16.8. The van der Waals surface area contributed by atoms with Gasteiger partial charge < -0.3 is 19.1 Å². The number of benzene rings is 1. The number of para-hydroxylation sites is 1. The van der Waals surface area contributed by atoms with Crippen LogP contribution in [-0.4, -0.2) is 55.3 Å². The van der Waals surface area contributed by atoms with Crippen LogP contribution in [0.25, 0.3) is 0 Å². The van der Waals surface area contributed by atoms with Gasteiger partial charge in [0.15, 0.2) is 0 Å². The Hall–Kier alpha value is -1.79. The normalized spacial score (nSPS) is 23.4. The van der Waals surface area contributed by atoms with Gasteiger partial charge in [0.05, 0.1) is 17.7 Å². The molecule has 0 unspecified atom stereocenters. The summed E-state index contributed by atoms with van der Waals surface area (Å²) in [4.78, 5) is 16.9. The highest BCUT2D eigenvalue weighted by atomic mass is 16.7. The van der Waals surface area contributed by atoms with Gasteiger partial charge in [0.1, 0.15) is 0 Å². The fraction of sp³-hybridized carbons (Fsp3) is 0.571. The maximum Gasteiger partial charge on any atom is 0.490 e. The highest BCUT2D eigenvalue weighted by molar-refractivity contribution is 6.54. The Bertz CT molecular complexity index is 758. The molecule has 3 aliphatic rings. The first kappa shape index (κ1) is 18.6. The van der Waals surface area contributed by atoms with Crippen LogP contribution in [0.15, 0.2) is 35.8 Å². The molecule has 0 N–H and O–H groups in total. The third kappa shape index (κ3) is 3.41. The molecular weight excluding hydrogens is 339 g/mol. The predicted octanol–water partition coefficient (Wildman–Crippen LogP) is 2.84. The van der Waals surface area contributed by atoms with Gasteiger partial charge in [0.25, 0.3) is 0 Å². The third-order valence-electron chi connectivity index (χ3n) is 6.46. The van der Waals surface area contributed by atoms with Crippen LogP contribution in [0.5, 0.6) is 0 Å². The van der Waals surface area contributed by atoms with E-state index in [9.17, 15) is 4.79 Å². The summed E-state index contributed by atoms with van der Waals surface area (Å²) in [5.41, 5.74) is 3.05. The number of rotatable bonds is 3. The van der Waals surface area contributed by atoms with Crippen molar-refractivity contribution in [3.8, 4) is 0 Å². The van der Waals surface area contributed by atoms with Crippen LogP contribution in [0.2, 0.25) is 0 Å². The molecule has 4 rings (SSSR count). The van der Waals surface area contributed by atoms with Crippen molar-refractivity contribution in [1.29, 1.82) is 0 Å². The van der Waals surface area contributed by atoms with E-state index in [1.54, 1.807) is 0 Å². The van der Waals surface area contributed by atoms with Gasteiger partial charge in [-0.3, -0.25) is 4.79 Å². The highest BCUT2D eigenvalue weighted by Crippen LogP contribution is 2.39. The number of anilines is 1. The van der Waals surface area contributed by atoms with Crippen LogP contribution in [0, 0.1) is 0 Å². The minimum absolute atomic E-state index is 0.191. The molecule has 1 amide bonds. The predicted molar refractivity (Wildman–Crippen MR) is 108 cm³/mol. The molecule has 0 saturated carbocycles. The number of carbonyl (C=O) groups is 1. The largest absolute Gasteiger partial charge is 0.490 e. The Morgan fingerprint density at radius 2 is 1.78 bits per heavy atom. The van der Waals surface area contributed by atoms with E-state index < -0.39 is 0 Å². The monoisotopic (exact) mass is 368 g/mol. The lowest BCUT2D eigenvalue weighted by molar-refractivity contribution is -0.129. The summed E-state index contributed by atoms with van der Waals surface area (Å²) in [6, 6.07) is 8.38. The minimum Gasteiger partial charge on any atom is -0.400 e.